The van der Waals surface area contributed by atoms with E-state index < -0.39 is 6.17 Å². The maximum Gasteiger partial charge on any atom is 0.138 e. The molecule has 0 aromatic carbocycles. The predicted molar refractivity (Wildman–Crippen MR) is 56.4 cm³/mol. The molecule has 2 rings (SSSR count). The average Bonchev–Trinajstić information content (AvgIpc) is 2.25. The van der Waals surface area contributed by atoms with Crippen molar-refractivity contribution in [2.24, 2.45) is 0 Å². The van der Waals surface area contributed by atoms with Crippen molar-refractivity contribution < 1.29 is 9.13 Å². The fourth-order valence-electron chi connectivity index (χ4n) is 1.82. The molecule has 0 amide bonds. The molecule has 4 heteroatoms. The van der Waals surface area contributed by atoms with Gasteiger partial charge >= 0.3 is 0 Å². The number of nitrogen functional groups attached to an aromatic ring is 1. The van der Waals surface area contributed by atoms with Gasteiger partial charge in [0.05, 0.1) is 6.20 Å². The quantitative estimate of drug-likeness (QED) is 0.814. The molecule has 0 spiro atoms. The van der Waals surface area contributed by atoms with Crippen LogP contribution in [-0.2, 0) is 0 Å². The van der Waals surface area contributed by atoms with Gasteiger partial charge in [-0.15, -0.1) is 0 Å². The molecule has 2 atom stereocenters. The van der Waals surface area contributed by atoms with Crippen LogP contribution in [0, 0.1) is 0 Å². The van der Waals surface area contributed by atoms with Gasteiger partial charge in [-0.25, -0.2) is 9.37 Å². The van der Waals surface area contributed by atoms with Crippen molar-refractivity contribution in [3.8, 4) is 5.75 Å². The van der Waals surface area contributed by atoms with E-state index in [1.54, 1.807) is 12.1 Å². The summed E-state index contributed by atoms with van der Waals surface area (Å²) in [5.41, 5.74) is 5.45. The van der Waals surface area contributed by atoms with Gasteiger partial charge in [0.15, 0.2) is 0 Å². The van der Waals surface area contributed by atoms with Crippen LogP contribution >= 0.6 is 0 Å². The minimum atomic E-state index is -0.851. The van der Waals surface area contributed by atoms with Gasteiger partial charge in [-0.3, -0.25) is 0 Å². The number of aromatic nitrogens is 1. The van der Waals surface area contributed by atoms with Crippen LogP contribution in [0.25, 0.3) is 0 Å². The number of halogens is 1. The zero-order valence-corrected chi connectivity index (χ0v) is 8.53. The molecule has 0 bridgehead atoms. The Hall–Kier alpha value is -1.32. The largest absolute Gasteiger partial charge is 0.486 e. The molecule has 0 aliphatic heterocycles. The molecule has 0 unspecified atom stereocenters. The Bertz CT molecular complexity index is 315. The van der Waals surface area contributed by atoms with Crippen molar-refractivity contribution in [2.75, 3.05) is 5.73 Å². The van der Waals surface area contributed by atoms with E-state index in [-0.39, 0.29) is 6.10 Å². The SMILES string of the molecule is Nc1ccc(O[C@@H]2CCCC[C@@H]2F)cn1. The maximum atomic E-state index is 13.4. The molecule has 1 fully saturated rings. The monoisotopic (exact) mass is 210 g/mol. The third kappa shape index (κ3) is 2.58. The summed E-state index contributed by atoms with van der Waals surface area (Å²) in [7, 11) is 0. The molecule has 1 saturated carbocycles. The first-order chi connectivity index (χ1) is 7.25. The molecule has 1 aromatic heterocycles. The van der Waals surface area contributed by atoms with Gasteiger partial charge in [-0.2, -0.15) is 0 Å². The summed E-state index contributed by atoms with van der Waals surface area (Å²) in [5, 5.41) is 0. The van der Waals surface area contributed by atoms with Crippen LogP contribution in [0.3, 0.4) is 0 Å². The first-order valence-corrected chi connectivity index (χ1v) is 5.28. The Kier molecular flexibility index (Phi) is 3.04. The molecule has 3 nitrogen and oxygen atoms in total. The summed E-state index contributed by atoms with van der Waals surface area (Å²) in [6.45, 7) is 0. The van der Waals surface area contributed by atoms with E-state index in [0.717, 1.165) is 19.3 Å². The lowest BCUT2D eigenvalue weighted by molar-refractivity contribution is 0.0635. The second-order valence-electron chi connectivity index (χ2n) is 3.88. The summed E-state index contributed by atoms with van der Waals surface area (Å²) >= 11 is 0. The van der Waals surface area contributed by atoms with Crippen LogP contribution in [0.15, 0.2) is 18.3 Å². The lowest BCUT2D eigenvalue weighted by atomic mass is 9.96. The molecule has 1 aliphatic carbocycles. The molecule has 1 aliphatic rings. The van der Waals surface area contributed by atoms with Crippen molar-refractivity contribution in [1.82, 2.24) is 4.98 Å². The number of nitrogens with two attached hydrogens (primary N) is 1. The Morgan fingerprint density at radius 3 is 2.80 bits per heavy atom. The zero-order valence-electron chi connectivity index (χ0n) is 8.53. The summed E-state index contributed by atoms with van der Waals surface area (Å²) in [6, 6.07) is 3.38. The number of hydrogen-bond donors (Lipinski definition) is 1. The van der Waals surface area contributed by atoms with E-state index in [0.29, 0.717) is 18.0 Å². The molecule has 1 heterocycles. The molecule has 0 saturated heterocycles. The van der Waals surface area contributed by atoms with Crippen molar-refractivity contribution in [2.45, 2.75) is 38.0 Å². The number of alkyl halides is 1. The standard InChI is InChI=1S/C11H15FN2O/c12-9-3-1-2-4-10(9)15-8-5-6-11(13)14-7-8/h5-7,9-10H,1-4H2,(H2,13,14)/t9-,10+/m0/s1. The van der Waals surface area contributed by atoms with E-state index in [1.165, 1.54) is 6.20 Å². The van der Waals surface area contributed by atoms with Gasteiger partial charge in [0.25, 0.3) is 0 Å². The van der Waals surface area contributed by atoms with E-state index in [4.69, 9.17) is 10.5 Å². The molecular weight excluding hydrogens is 195 g/mol. The molecule has 1 aromatic rings. The minimum Gasteiger partial charge on any atom is -0.486 e. The zero-order chi connectivity index (χ0) is 10.7. The van der Waals surface area contributed by atoms with E-state index in [2.05, 4.69) is 4.98 Å². The van der Waals surface area contributed by atoms with Crippen LogP contribution in [0.2, 0.25) is 0 Å². The number of anilines is 1. The van der Waals surface area contributed by atoms with Gasteiger partial charge in [0, 0.05) is 0 Å². The van der Waals surface area contributed by atoms with Crippen LogP contribution in [0.1, 0.15) is 25.7 Å². The van der Waals surface area contributed by atoms with Crippen molar-refractivity contribution in [1.29, 1.82) is 0 Å². The van der Waals surface area contributed by atoms with Crippen LogP contribution in [-0.4, -0.2) is 17.3 Å². The summed E-state index contributed by atoms with van der Waals surface area (Å²) in [4.78, 5) is 3.90. The summed E-state index contributed by atoms with van der Waals surface area (Å²) in [6.07, 6.45) is 3.75. The predicted octanol–water partition coefficient (Wildman–Crippen LogP) is 2.32. The first kappa shape index (κ1) is 10.2. The third-order valence-electron chi connectivity index (χ3n) is 2.67. The molecule has 82 valence electrons. The van der Waals surface area contributed by atoms with Gasteiger partial charge in [-0.1, -0.05) is 6.42 Å². The third-order valence-corrected chi connectivity index (χ3v) is 2.67. The normalized spacial score (nSPS) is 26.2. The Morgan fingerprint density at radius 1 is 1.33 bits per heavy atom. The van der Waals surface area contributed by atoms with Crippen LogP contribution in [0.4, 0.5) is 10.2 Å². The Balaban J connectivity index is 1.98. The second kappa shape index (κ2) is 4.47. The fourth-order valence-corrected chi connectivity index (χ4v) is 1.82. The lowest BCUT2D eigenvalue weighted by Crippen LogP contribution is -2.31. The number of pyridine rings is 1. The second-order valence-corrected chi connectivity index (χ2v) is 3.88. The Labute approximate surface area is 88.5 Å². The van der Waals surface area contributed by atoms with Gasteiger partial charge in [-0.05, 0) is 31.4 Å². The van der Waals surface area contributed by atoms with E-state index in [9.17, 15) is 4.39 Å². The van der Waals surface area contributed by atoms with Crippen molar-refractivity contribution in [3.05, 3.63) is 18.3 Å². The number of ether oxygens (including phenoxy) is 1. The smallest absolute Gasteiger partial charge is 0.138 e. The summed E-state index contributed by atoms with van der Waals surface area (Å²) in [5.74, 6) is 1.04. The molecular formula is C11H15FN2O. The highest BCUT2D eigenvalue weighted by Crippen LogP contribution is 2.25. The molecule has 15 heavy (non-hydrogen) atoms. The highest BCUT2D eigenvalue weighted by atomic mass is 19.1. The molecule has 0 radical (unpaired) electrons. The maximum absolute atomic E-state index is 13.4. The summed E-state index contributed by atoms with van der Waals surface area (Å²) < 4.78 is 19.0. The van der Waals surface area contributed by atoms with Gasteiger partial charge < -0.3 is 10.5 Å². The van der Waals surface area contributed by atoms with Crippen molar-refractivity contribution >= 4 is 5.82 Å². The Morgan fingerprint density at radius 2 is 2.13 bits per heavy atom. The highest BCUT2D eigenvalue weighted by Gasteiger charge is 2.26. The van der Waals surface area contributed by atoms with Gasteiger partial charge in [0.2, 0.25) is 0 Å². The van der Waals surface area contributed by atoms with Crippen molar-refractivity contribution in [3.63, 3.8) is 0 Å². The topological polar surface area (TPSA) is 48.1 Å². The van der Waals surface area contributed by atoms with Gasteiger partial charge in [0.1, 0.15) is 23.8 Å². The number of hydrogen-bond acceptors (Lipinski definition) is 3. The number of nitrogens with zero attached hydrogens (tertiary/aromatic N) is 1. The van der Waals surface area contributed by atoms with E-state index >= 15 is 0 Å². The number of rotatable bonds is 2. The van der Waals surface area contributed by atoms with Crippen LogP contribution in [0.5, 0.6) is 5.75 Å². The van der Waals surface area contributed by atoms with E-state index in [1.807, 2.05) is 0 Å². The molecule has 2 N–H and O–H groups in total. The lowest BCUT2D eigenvalue weighted by Gasteiger charge is -2.26. The fraction of sp³-hybridized carbons (Fsp3) is 0.545. The highest BCUT2D eigenvalue weighted by molar-refractivity contribution is 5.32. The average molecular weight is 210 g/mol. The first-order valence-electron chi connectivity index (χ1n) is 5.28. The minimum absolute atomic E-state index is 0.316. The van der Waals surface area contributed by atoms with Crippen LogP contribution < -0.4 is 10.5 Å².